The van der Waals surface area contributed by atoms with Crippen molar-refractivity contribution in [2.24, 2.45) is 0 Å². The molecule has 2 aromatic rings. The van der Waals surface area contributed by atoms with Gasteiger partial charge in [-0.1, -0.05) is 12.1 Å². The van der Waals surface area contributed by atoms with Gasteiger partial charge in [-0.15, -0.1) is 0 Å². The van der Waals surface area contributed by atoms with Crippen LogP contribution in [0.4, 0.5) is 15.8 Å². The summed E-state index contributed by atoms with van der Waals surface area (Å²) in [6.07, 6.45) is 1.39. The number of hydrogen-bond acceptors (Lipinski definition) is 4. The average molecular weight is 385 g/mol. The largest absolute Gasteiger partial charge is 0.494 e. The van der Waals surface area contributed by atoms with Crippen molar-refractivity contribution in [2.45, 2.75) is 32.4 Å². The zero-order chi connectivity index (χ0) is 20.1. The molecule has 0 aromatic heterocycles. The standard InChI is InChI=1S/C21H24FN3O3/c1-14(21(27)23-13-15-5-7-16(22)8-6-15)24-17-9-10-18(19(12-17)28-2)25-11-3-4-20(25)26/h5-10,12,14,24H,3-4,11,13H2,1-2H3,(H,23,27). The number of methoxy groups -OCH3 is 1. The maximum Gasteiger partial charge on any atom is 0.242 e. The summed E-state index contributed by atoms with van der Waals surface area (Å²) in [5.74, 6) is 0.187. The van der Waals surface area contributed by atoms with Gasteiger partial charge in [0.15, 0.2) is 0 Å². The predicted molar refractivity (Wildman–Crippen MR) is 106 cm³/mol. The Balaban J connectivity index is 1.61. The summed E-state index contributed by atoms with van der Waals surface area (Å²) in [5.41, 5.74) is 2.28. The molecule has 1 heterocycles. The molecule has 2 amide bonds. The minimum atomic E-state index is -0.482. The predicted octanol–water partition coefficient (Wildman–Crippen LogP) is 3.08. The Morgan fingerprint density at radius 3 is 2.64 bits per heavy atom. The molecule has 1 fully saturated rings. The molecule has 0 aliphatic carbocycles. The van der Waals surface area contributed by atoms with Crippen molar-refractivity contribution in [3.8, 4) is 5.75 Å². The number of halogens is 1. The van der Waals surface area contributed by atoms with Crippen LogP contribution in [-0.4, -0.2) is 31.5 Å². The van der Waals surface area contributed by atoms with Crippen LogP contribution in [0.1, 0.15) is 25.3 Å². The number of carbonyl (C=O) groups excluding carboxylic acids is 2. The molecule has 7 heteroatoms. The molecule has 28 heavy (non-hydrogen) atoms. The Bertz CT molecular complexity index is 854. The molecule has 3 rings (SSSR count). The maximum absolute atomic E-state index is 12.9. The van der Waals surface area contributed by atoms with Gasteiger partial charge in [0.1, 0.15) is 17.6 Å². The molecule has 2 aromatic carbocycles. The smallest absolute Gasteiger partial charge is 0.242 e. The normalized spacial score (nSPS) is 14.7. The maximum atomic E-state index is 12.9. The Labute approximate surface area is 163 Å². The van der Waals surface area contributed by atoms with E-state index < -0.39 is 6.04 Å². The molecule has 0 radical (unpaired) electrons. The lowest BCUT2D eigenvalue weighted by atomic mass is 10.2. The van der Waals surface area contributed by atoms with E-state index in [1.165, 1.54) is 12.1 Å². The highest BCUT2D eigenvalue weighted by atomic mass is 19.1. The summed E-state index contributed by atoms with van der Waals surface area (Å²) >= 11 is 0. The highest BCUT2D eigenvalue weighted by Crippen LogP contribution is 2.34. The Morgan fingerprint density at radius 1 is 1.25 bits per heavy atom. The highest BCUT2D eigenvalue weighted by Gasteiger charge is 2.24. The van der Waals surface area contributed by atoms with E-state index in [0.717, 1.165) is 23.4 Å². The fourth-order valence-electron chi connectivity index (χ4n) is 3.15. The van der Waals surface area contributed by atoms with Crippen molar-refractivity contribution < 1.29 is 18.7 Å². The van der Waals surface area contributed by atoms with Crippen molar-refractivity contribution in [1.29, 1.82) is 0 Å². The van der Waals surface area contributed by atoms with Crippen LogP contribution in [0.25, 0.3) is 0 Å². The van der Waals surface area contributed by atoms with E-state index in [4.69, 9.17) is 4.74 Å². The number of carbonyl (C=O) groups is 2. The van der Waals surface area contributed by atoms with E-state index in [-0.39, 0.29) is 17.6 Å². The average Bonchev–Trinajstić information content (AvgIpc) is 3.12. The number of anilines is 2. The quantitative estimate of drug-likeness (QED) is 0.769. The summed E-state index contributed by atoms with van der Waals surface area (Å²) < 4.78 is 18.4. The number of rotatable bonds is 7. The van der Waals surface area contributed by atoms with Gasteiger partial charge in [-0.2, -0.15) is 0 Å². The Hall–Kier alpha value is -3.09. The fourth-order valence-corrected chi connectivity index (χ4v) is 3.15. The van der Waals surface area contributed by atoms with Crippen molar-refractivity contribution in [1.82, 2.24) is 5.32 Å². The first kappa shape index (κ1) is 19.7. The molecule has 1 saturated heterocycles. The van der Waals surface area contributed by atoms with Crippen LogP contribution in [0.15, 0.2) is 42.5 Å². The van der Waals surface area contributed by atoms with Crippen molar-refractivity contribution in [3.63, 3.8) is 0 Å². The summed E-state index contributed by atoms with van der Waals surface area (Å²) in [5, 5.41) is 5.96. The van der Waals surface area contributed by atoms with E-state index in [2.05, 4.69) is 10.6 Å². The molecule has 0 saturated carbocycles. The van der Waals surface area contributed by atoms with E-state index in [1.807, 2.05) is 12.1 Å². The second-order valence-electron chi connectivity index (χ2n) is 6.75. The molecular weight excluding hydrogens is 361 g/mol. The summed E-state index contributed by atoms with van der Waals surface area (Å²) in [4.78, 5) is 26.0. The first-order valence-corrected chi connectivity index (χ1v) is 9.25. The second-order valence-corrected chi connectivity index (χ2v) is 6.75. The molecule has 0 bridgehead atoms. The van der Waals surface area contributed by atoms with Gasteiger partial charge in [0.25, 0.3) is 0 Å². The van der Waals surface area contributed by atoms with Gasteiger partial charge in [-0.3, -0.25) is 9.59 Å². The van der Waals surface area contributed by atoms with Crippen LogP contribution in [0, 0.1) is 5.82 Å². The third-order valence-electron chi connectivity index (χ3n) is 4.70. The van der Waals surface area contributed by atoms with E-state index >= 15 is 0 Å². The topological polar surface area (TPSA) is 70.7 Å². The SMILES string of the molecule is COc1cc(NC(C)C(=O)NCc2ccc(F)cc2)ccc1N1CCCC1=O. The van der Waals surface area contributed by atoms with Gasteiger partial charge >= 0.3 is 0 Å². The molecular formula is C21H24FN3O3. The number of benzene rings is 2. The van der Waals surface area contributed by atoms with Crippen LogP contribution in [-0.2, 0) is 16.1 Å². The molecule has 148 valence electrons. The van der Waals surface area contributed by atoms with Crippen molar-refractivity contribution >= 4 is 23.2 Å². The summed E-state index contributed by atoms with van der Waals surface area (Å²) in [6, 6.07) is 11.0. The van der Waals surface area contributed by atoms with Gasteiger partial charge < -0.3 is 20.3 Å². The van der Waals surface area contributed by atoms with Crippen LogP contribution in [0.5, 0.6) is 5.75 Å². The Morgan fingerprint density at radius 2 is 2.00 bits per heavy atom. The number of nitrogens with zero attached hydrogens (tertiary/aromatic N) is 1. The summed E-state index contributed by atoms with van der Waals surface area (Å²) in [7, 11) is 1.56. The molecule has 1 aliphatic heterocycles. The molecule has 1 atom stereocenters. The van der Waals surface area contributed by atoms with Crippen LogP contribution in [0.3, 0.4) is 0 Å². The van der Waals surface area contributed by atoms with Crippen LogP contribution in [0.2, 0.25) is 0 Å². The van der Waals surface area contributed by atoms with Gasteiger partial charge in [0.05, 0.1) is 12.8 Å². The third-order valence-corrected chi connectivity index (χ3v) is 4.70. The van der Waals surface area contributed by atoms with Crippen molar-refractivity contribution in [2.75, 3.05) is 23.9 Å². The minimum absolute atomic E-state index is 0.0903. The minimum Gasteiger partial charge on any atom is -0.494 e. The first-order chi connectivity index (χ1) is 13.5. The lowest BCUT2D eigenvalue weighted by Crippen LogP contribution is -2.37. The zero-order valence-corrected chi connectivity index (χ0v) is 16.0. The lowest BCUT2D eigenvalue weighted by Gasteiger charge is -2.21. The van der Waals surface area contributed by atoms with Gasteiger partial charge in [0, 0.05) is 31.3 Å². The number of ether oxygens (including phenoxy) is 1. The molecule has 1 unspecified atom stereocenters. The van der Waals surface area contributed by atoms with Crippen molar-refractivity contribution in [3.05, 3.63) is 53.8 Å². The monoisotopic (exact) mass is 385 g/mol. The van der Waals surface area contributed by atoms with E-state index in [9.17, 15) is 14.0 Å². The number of hydrogen-bond donors (Lipinski definition) is 2. The summed E-state index contributed by atoms with van der Waals surface area (Å²) in [6.45, 7) is 2.76. The second kappa shape index (κ2) is 8.73. The molecule has 0 spiro atoms. The van der Waals surface area contributed by atoms with Crippen LogP contribution >= 0.6 is 0 Å². The fraction of sp³-hybridized carbons (Fsp3) is 0.333. The first-order valence-electron chi connectivity index (χ1n) is 9.25. The Kier molecular flexibility index (Phi) is 6.13. The van der Waals surface area contributed by atoms with Gasteiger partial charge in [-0.05, 0) is 43.2 Å². The van der Waals surface area contributed by atoms with Gasteiger partial charge in [0.2, 0.25) is 11.8 Å². The molecule has 2 N–H and O–H groups in total. The highest BCUT2D eigenvalue weighted by molar-refractivity contribution is 5.97. The van der Waals surface area contributed by atoms with Crippen LogP contribution < -0.4 is 20.3 Å². The molecule has 1 aliphatic rings. The van der Waals surface area contributed by atoms with E-state index in [0.29, 0.717) is 25.3 Å². The van der Waals surface area contributed by atoms with Gasteiger partial charge in [-0.25, -0.2) is 4.39 Å². The number of amides is 2. The lowest BCUT2D eigenvalue weighted by molar-refractivity contribution is -0.121. The zero-order valence-electron chi connectivity index (χ0n) is 16.0. The van der Waals surface area contributed by atoms with E-state index in [1.54, 1.807) is 37.1 Å². The molecule has 6 nitrogen and oxygen atoms in total. The number of nitrogens with one attached hydrogen (secondary N) is 2. The third kappa shape index (κ3) is 4.60.